The maximum Gasteiger partial charge on any atom is 0.290 e. The highest BCUT2D eigenvalue weighted by atomic mass is 19.1. The van der Waals surface area contributed by atoms with Crippen molar-refractivity contribution in [1.29, 1.82) is 10.8 Å². The van der Waals surface area contributed by atoms with Gasteiger partial charge in [0.05, 0.1) is 0 Å². The predicted molar refractivity (Wildman–Crippen MR) is 94.1 cm³/mol. The number of nitrogens with zero attached hydrogens (tertiary/aromatic N) is 1. The van der Waals surface area contributed by atoms with Crippen molar-refractivity contribution in [3.63, 3.8) is 0 Å². The Bertz CT molecular complexity index is 843. The van der Waals surface area contributed by atoms with Crippen molar-refractivity contribution < 1.29 is 23.6 Å². The number of hydrogen-bond acceptors (Lipinski definition) is 7. The van der Waals surface area contributed by atoms with E-state index in [1.54, 1.807) is 12.1 Å². The van der Waals surface area contributed by atoms with Crippen LogP contribution in [0.3, 0.4) is 0 Å². The van der Waals surface area contributed by atoms with Gasteiger partial charge in [0.15, 0.2) is 5.90 Å². The number of nitrogens with one attached hydrogen (secondary N) is 3. The van der Waals surface area contributed by atoms with Gasteiger partial charge in [-0.2, -0.15) is 0 Å². The normalized spacial score (nSPS) is 18.4. The number of ether oxygens (including phenoxy) is 1. The number of aliphatic hydroxyl groups is 1. The molecule has 1 aromatic carbocycles. The Morgan fingerprint density at radius 3 is 2.67 bits per heavy atom. The van der Waals surface area contributed by atoms with Crippen molar-refractivity contribution in [3.05, 3.63) is 41.9 Å². The second-order valence-corrected chi connectivity index (χ2v) is 6.40. The first-order valence-corrected chi connectivity index (χ1v) is 8.41. The predicted octanol–water partition coefficient (Wildman–Crippen LogP) is 2.34. The van der Waals surface area contributed by atoms with Crippen molar-refractivity contribution in [2.75, 3.05) is 6.61 Å². The van der Waals surface area contributed by atoms with Crippen LogP contribution in [0.15, 0.2) is 34.9 Å². The van der Waals surface area contributed by atoms with Gasteiger partial charge >= 0.3 is 0 Å². The number of amides is 1. The van der Waals surface area contributed by atoms with E-state index in [2.05, 4.69) is 10.5 Å². The van der Waals surface area contributed by atoms with Crippen molar-refractivity contribution in [1.82, 2.24) is 10.5 Å². The van der Waals surface area contributed by atoms with Gasteiger partial charge < -0.3 is 19.7 Å². The van der Waals surface area contributed by atoms with E-state index in [9.17, 15) is 9.18 Å². The molecule has 27 heavy (non-hydrogen) atoms. The molecule has 1 fully saturated rings. The summed E-state index contributed by atoms with van der Waals surface area (Å²) in [6, 6.07) is 7.19. The molecule has 0 aliphatic heterocycles. The van der Waals surface area contributed by atoms with Gasteiger partial charge in [0.2, 0.25) is 11.7 Å². The number of hydrogen-bond donors (Lipinski definition) is 4. The second kappa shape index (κ2) is 8.09. The van der Waals surface area contributed by atoms with E-state index in [1.807, 2.05) is 0 Å². The van der Waals surface area contributed by atoms with E-state index in [1.165, 1.54) is 18.2 Å². The Morgan fingerprint density at radius 1 is 1.30 bits per heavy atom. The summed E-state index contributed by atoms with van der Waals surface area (Å²) in [6.07, 6.45) is 1.72. The molecule has 1 heterocycles. The first-order valence-electron chi connectivity index (χ1n) is 8.41. The molecular weight excluding hydrogens is 355 g/mol. The van der Waals surface area contributed by atoms with Crippen LogP contribution >= 0.6 is 0 Å². The Hall–Kier alpha value is -3.07. The number of carbonyl (C=O) groups is 1. The first-order chi connectivity index (χ1) is 12.9. The van der Waals surface area contributed by atoms with Gasteiger partial charge in [0, 0.05) is 24.1 Å². The second-order valence-electron chi connectivity index (χ2n) is 6.40. The van der Waals surface area contributed by atoms with E-state index in [-0.39, 0.29) is 41.2 Å². The highest BCUT2D eigenvalue weighted by Gasteiger charge is 2.32. The minimum Gasteiger partial charge on any atom is -0.427 e. The van der Waals surface area contributed by atoms with Crippen LogP contribution in [0, 0.1) is 22.6 Å². The number of aliphatic hydroxyl groups excluding tert-OH is 1. The number of benzene rings is 1. The smallest absolute Gasteiger partial charge is 0.290 e. The molecule has 1 aliphatic rings. The molecule has 0 saturated heterocycles. The van der Waals surface area contributed by atoms with Gasteiger partial charge in [-0.3, -0.25) is 15.6 Å². The summed E-state index contributed by atoms with van der Waals surface area (Å²) < 4.78 is 22.9. The van der Waals surface area contributed by atoms with Crippen LogP contribution in [-0.2, 0) is 4.74 Å². The summed E-state index contributed by atoms with van der Waals surface area (Å²) in [4.78, 5) is 12.2. The molecule has 1 aliphatic carbocycles. The summed E-state index contributed by atoms with van der Waals surface area (Å²) in [5, 5.41) is 30.2. The van der Waals surface area contributed by atoms with Crippen molar-refractivity contribution >= 4 is 17.7 Å². The highest BCUT2D eigenvalue weighted by Crippen LogP contribution is 2.31. The van der Waals surface area contributed by atoms with Crippen molar-refractivity contribution in [3.8, 4) is 11.3 Å². The number of rotatable bonds is 6. The molecule has 1 amide bonds. The average molecular weight is 374 g/mol. The third-order valence-corrected chi connectivity index (χ3v) is 4.31. The molecule has 3 rings (SSSR count). The van der Waals surface area contributed by atoms with Gasteiger partial charge in [0.25, 0.3) is 5.91 Å². The fourth-order valence-corrected chi connectivity index (χ4v) is 2.90. The third-order valence-electron chi connectivity index (χ3n) is 4.31. The van der Waals surface area contributed by atoms with Crippen LogP contribution in [0.2, 0.25) is 0 Å². The topological polar surface area (TPSA) is 132 Å². The maximum absolute atomic E-state index is 13.0. The standard InChI is InChI=1S/C18H19FN4O4/c19-12-3-1-11(2-4-12)14-8-15(27-23-14)18(25)22-13-5-10(6-13)7-16(20)26-17(21)9-24/h1-4,8,10,13,20-21,24H,5-7,9H2,(H,22,25). The first kappa shape index (κ1) is 18.7. The zero-order valence-corrected chi connectivity index (χ0v) is 14.4. The van der Waals surface area contributed by atoms with Gasteiger partial charge in [-0.1, -0.05) is 5.16 Å². The lowest BCUT2D eigenvalue weighted by Gasteiger charge is -2.35. The van der Waals surface area contributed by atoms with E-state index in [0.717, 1.165) is 0 Å². The molecule has 0 bridgehead atoms. The van der Waals surface area contributed by atoms with Crippen LogP contribution in [0.5, 0.6) is 0 Å². The molecule has 0 radical (unpaired) electrons. The van der Waals surface area contributed by atoms with E-state index in [0.29, 0.717) is 30.5 Å². The quantitative estimate of drug-likeness (QED) is 0.455. The lowest BCUT2D eigenvalue weighted by molar-refractivity contribution is 0.0853. The van der Waals surface area contributed by atoms with E-state index >= 15 is 0 Å². The minimum atomic E-state index is -0.539. The van der Waals surface area contributed by atoms with Gasteiger partial charge in [0.1, 0.15) is 18.1 Å². The minimum absolute atomic E-state index is 0.0352. The SMILES string of the molecule is N=C(CO)OC(=N)CC1CC(NC(=O)c2cc(-c3ccc(F)cc3)no2)C1. The summed E-state index contributed by atoms with van der Waals surface area (Å²) in [6.45, 7) is -0.539. The molecule has 2 aromatic rings. The van der Waals surface area contributed by atoms with Gasteiger partial charge in [-0.25, -0.2) is 4.39 Å². The molecule has 8 nitrogen and oxygen atoms in total. The fourth-order valence-electron chi connectivity index (χ4n) is 2.90. The van der Waals surface area contributed by atoms with Crippen molar-refractivity contribution in [2.45, 2.75) is 25.3 Å². The van der Waals surface area contributed by atoms with Crippen LogP contribution < -0.4 is 5.32 Å². The van der Waals surface area contributed by atoms with E-state index < -0.39 is 6.61 Å². The van der Waals surface area contributed by atoms with Crippen LogP contribution in [0.4, 0.5) is 4.39 Å². The highest BCUT2D eigenvalue weighted by molar-refractivity contribution is 5.92. The Morgan fingerprint density at radius 2 is 2.00 bits per heavy atom. The molecular formula is C18H19FN4O4. The Kier molecular flexibility index (Phi) is 5.60. The third kappa shape index (κ3) is 4.76. The molecule has 142 valence electrons. The van der Waals surface area contributed by atoms with Gasteiger partial charge in [-0.05, 0) is 43.0 Å². The number of aromatic nitrogens is 1. The average Bonchev–Trinajstić information content (AvgIpc) is 3.10. The summed E-state index contributed by atoms with van der Waals surface area (Å²) >= 11 is 0. The molecule has 0 atom stereocenters. The van der Waals surface area contributed by atoms with Crippen LogP contribution in [-0.4, -0.2) is 40.6 Å². The summed E-state index contributed by atoms with van der Waals surface area (Å²) in [5.74, 6) is -0.905. The van der Waals surface area contributed by atoms with Crippen LogP contribution in [0.25, 0.3) is 11.3 Å². The Labute approximate surface area is 154 Å². The molecule has 0 spiro atoms. The monoisotopic (exact) mass is 374 g/mol. The lowest BCUT2D eigenvalue weighted by atomic mass is 9.78. The van der Waals surface area contributed by atoms with E-state index in [4.69, 9.17) is 25.2 Å². The molecule has 0 unspecified atom stereocenters. The largest absolute Gasteiger partial charge is 0.427 e. The zero-order valence-electron chi connectivity index (χ0n) is 14.4. The molecule has 4 N–H and O–H groups in total. The molecule has 1 aromatic heterocycles. The van der Waals surface area contributed by atoms with Crippen LogP contribution in [0.1, 0.15) is 29.8 Å². The fraction of sp³-hybridized carbons (Fsp3) is 0.333. The number of carbonyl (C=O) groups excluding carboxylic acids is 1. The van der Waals surface area contributed by atoms with Crippen molar-refractivity contribution in [2.24, 2.45) is 5.92 Å². The summed E-state index contributed by atoms with van der Waals surface area (Å²) in [7, 11) is 0. The Balaban J connectivity index is 1.46. The maximum atomic E-state index is 13.0. The number of halogens is 1. The molecule has 1 saturated carbocycles. The molecule has 9 heteroatoms. The zero-order chi connectivity index (χ0) is 19.4. The lowest BCUT2D eigenvalue weighted by Crippen LogP contribution is -2.44. The summed E-state index contributed by atoms with van der Waals surface area (Å²) in [5.41, 5.74) is 1.10. The van der Waals surface area contributed by atoms with Gasteiger partial charge in [-0.15, -0.1) is 0 Å².